The molecule has 2 fully saturated rings. The molecule has 4 heterocycles. The van der Waals surface area contributed by atoms with Crippen LogP contribution < -0.4 is 10.6 Å². The third-order valence-electron chi connectivity index (χ3n) is 6.02. The Morgan fingerprint density at radius 3 is 2.72 bits per heavy atom. The molecule has 5 rings (SSSR count). The first kappa shape index (κ1) is 18.4. The predicted molar refractivity (Wildman–Crippen MR) is 107 cm³/mol. The summed E-state index contributed by atoms with van der Waals surface area (Å²) in [7, 11) is 0. The molecule has 1 aliphatic heterocycles. The lowest BCUT2D eigenvalue weighted by molar-refractivity contribution is 0.405. The van der Waals surface area contributed by atoms with Crippen molar-refractivity contribution in [3.63, 3.8) is 0 Å². The first-order chi connectivity index (χ1) is 14.1. The van der Waals surface area contributed by atoms with Gasteiger partial charge in [-0.3, -0.25) is 0 Å². The van der Waals surface area contributed by atoms with Crippen LogP contribution in [0.2, 0.25) is 0 Å². The Morgan fingerprint density at radius 1 is 1.14 bits per heavy atom. The first-order valence-electron chi connectivity index (χ1n) is 10.3. The van der Waals surface area contributed by atoms with Gasteiger partial charge in [0.1, 0.15) is 11.4 Å². The third-order valence-corrected chi connectivity index (χ3v) is 6.02. The van der Waals surface area contributed by atoms with E-state index in [2.05, 4.69) is 20.6 Å². The summed E-state index contributed by atoms with van der Waals surface area (Å²) in [4.78, 5) is 8.68. The number of pyridine rings is 1. The van der Waals surface area contributed by atoms with Gasteiger partial charge in [0, 0.05) is 24.6 Å². The molecule has 3 aromatic heterocycles. The second-order valence-corrected chi connectivity index (χ2v) is 8.09. The van der Waals surface area contributed by atoms with E-state index in [0.29, 0.717) is 17.3 Å². The van der Waals surface area contributed by atoms with Crippen LogP contribution in [-0.2, 0) is 0 Å². The van der Waals surface area contributed by atoms with E-state index in [4.69, 9.17) is 5.10 Å². The molecule has 2 N–H and O–H groups in total. The highest BCUT2D eigenvalue weighted by Gasteiger charge is 2.25. The van der Waals surface area contributed by atoms with Crippen molar-refractivity contribution in [2.75, 3.05) is 18.4 Å². The van der Waals surface area contributed by atoms with Gasteiger partial charge >= 0.3 is 0 Å². The number of anilines is 1. The molecule has 1 unspecified atom stereocenters. The number of aryl methyl sites for hydroxylation is 1. The first-order valence-corrected chi connectivity index (χ1v) is 10.3. The van der Waals surface area contributed by atoms with Gasteiger partial charge in [-0.15, -0.1) is 0 Å². The highest BCUT2D eigenvalue weighted by Crippen LogP contribution is 2.37. The lowest BCUT2D eigenvalue weighted by Crippen LogP contribution is -2.38. The van der Waals surface area contributed by atoms with Crippen LogP contribution in [0.1, 0.15) is 49.3 Å². The van der Waals surface area contributed by atoms with Crippen molar-refractivity contribution >= 4 is 11.5 Å². The van der Waals surface area contributed by atoms with Crippen molar-refractivity contribution in [3.8, 4) is 11.4 Å². The number of hydrogen-bond acceptors (Lipinski definition) is 5. The molecule has 29 heavy (non-hydrogen) atoms. The quantitative estimate of drug-likeness (QED) is 0.700. The van der Waals surface area contributed by atoms with Crippen LogP contribution in [0.15, 0.2) is 18.3 Å². The zero-order chi connectivity index (χ0) is 20.0. The zero-order valence-electron chi connectivity index (χ0n) is 16.4. The summed E-state index contributed by atoms with van der Waals surface area (Å²) >= 11 is 0. The maximum Gasteiger partial charge on any atom is 0.168 e. The molecule has 1 saturated carbocycles. The molecule has 1 atom stereocenters. The van der Waals surface area contributed by atoms with Crippen molar-refractivity contribution in [2.45, 2.75) is 51.0 Å². The number of nitrogens with zero attached hydrogens (tertiary/aromatic N) is 4. The van der Waals surface area contributed by atoms with Crippen molar-refractivity contribution < 1.29 is 8.78 Å². The van der Waals surface area contributed by atoms with Gasteiger partial charge in [0.25, 0.3) is 0 Å². The largest absolute Gasteiger partial charge is 0.364 e. The SMILES string of the molecule is Cc1cc2ncc(-c3nc(NC4CCCNC4)c(F)cc3F)n2nc1C1CCC1. The number of rotatable bonds is 4. The van der Waals surface area contributed by atoms with Crippen LogP contribution in [-0.4, -0.2) is 38.7 Å². The average molecular weight is 398 g/mol. The van der Waals surface area contributed by atoms with Crippen LogP contribution in [0.4, 0.5) is 14.6 Å². The summed E-state index contributed by atoms with van der Waals surface area (Å²) in [5.74, 6) is -0.901. The molecule has 0 radical (unpaired) electrons. The maximum atomic E-state index is 14.7. The number of imidazole rings is 1. The monoisotopic (exact) mass is 398 g/mol. The van der Waals surface area contributed by atoms with Crippen LogP contribution in [0.25, 0.3) is 17.0 Å². The van der Waals surface area contributed by atoms with Gasteiger partial charge in [-0.2, -0.15) is 5.10 Å². The van der Waals surface area contributed by atoms with Crippen LogP contribution in [0.5, 0.6) is 0 Å². The minimum Gasteiger partial charge on any atom is -0.364 e. The zero-order valence-corrected chi connectivity index (χ0v) is 16.4. The van der Waals surface area contributed by atoms with E-state index in [1.54, 1.807) is 10.7 Å². The van der Waals surface area contributed by atoms with E-state index >= 15 is 0 Å². The highest BCUT2D eigenvalue weighted by molar-refractivity contribution is 5.62. The smallest absolute Gasteiger partial charge is 0.168 e. The summed E-state index contributed by atoms with van der Waals surface area (Å²) in [6, 6.07) is 2.93. The number of nitrogens with one attached hydrogen (secondary N) is 2. The number of fused-ring (bicyclic) bond motifs is 1. The Hall–Kier alpha value is -2.61. The number of piperidine rings is 1. The van der Waals surface area contributed by atoms with Crippen LogP contribution >= 0.6 is 0 Å². The van der Waals surface area contributed by atoms with E-state index in [1.807, 2.05) is 13.0 Å². The van der Waals surface area contributed by atoms with Crippen molar-refractivity contribution in [1.29, 1.82) is 0 Å². The van der Waals surface area contributed by atoms with Crippen LogP contribution in [0, 0.1) is 18.6 Å². The molecule has 3 aromatic rings. The second-order valence-electron chi connectivity index (χ2n) is 8.09. The van der Waals surface area contributed by atoms with Gasteiger partial charge in [0.05, 0.1) is 11.9 Å². The fraction of sp³-hybridized carbons (Fsp3) is 0.476. The summed E-state index contributed by atoms with van der Waals surface area (Å²) in [5.41, 5.74) is 3.25. The Bertz CT molecular complexity index is 1050. The Morgan fingerprint density at radius 2 is 2.00 bits per heavy atom. The lowest BCUT2D eigenvalue weighted by Gasteiger charge is -2.26. The molecule has 152 valence electrons. The van der Waals surface area contributed by atoms with E-state index in [1.165, 1.54) is 6.42 Å². The normalized spacial score (nSPS) is 20.0. The molecule has 0 aromatic carbocycles. The molecular weight excluding hydrogens is 374 g/mol. The topological polar surface area (TPSA) is 67.1 Å². The molecule has 0 amide bonds. The highest BCUT2D eigenvalue weighted by atomic mass is 19.1. The molecular formula is C21H24F2N6. The lowest BCUT2D eigenvalue weighted by atomic mass is 9.81. The number of hydrogen-bond donors (Lipinski definition) is 2. The molecule has 0 bridgehead atoms. The van der Waals surface area contributed by atoms with Crippen molar-refractivity contribution in [2.24, 2.45) is 0 Å². The Balaban J connectivity index is 1.56. The van der Waals surface area contributed by atoms with E-state index in [9.17, 15) is 8.78 Å². The molecule has 1 saturated heterocycles. The number of aromatic nitrogens is 4. The minimum atomic E-state index is -0.718. The maximum absolute atomic E-state index is 14.7. The van der Waals surface area contributed by atoms with Gasteiger partial charge in [-0.1, -0.05) is 6.42 Å². The second kappa shape index (κ2) is 7.33. The van der Waals surface area contributed by atoms with Gasteiger partial charge in [-0.25, -0.2) is 23.3 Å². The van der Waals surface area contributed by atoms with Gasteiger partial charge in [-0.05, 0) is 50.8 Å². The van der Waals surface area contributed by atoms with Gasteiger partial charge < -0.3 is 10.6 Å². The fourth-order valence-corrected chi connectivity index (χ4v) is 4.18. The van der Waals surface area contributed by atoms with Gasteiger partial charge in [0.2, 0.25) is 0 Å². The third kappa shape index (κ3) is 3.35. The minimum absolute atomic E-state index is 0.0566. The van der Waals surface area contributed by atoms with Gasteiger partial charge in [0.15, 0.2) is 23.1 Å². The van der Waals surface area contributed by atoms with Crippen LogP contribution in [0.3, 0.4) is 0 Å². The molecule has 0 spiro atoms. The summed E-state index contributed by atoms with van der Waals surface area (Å²) < 4.78 is 30.7. The molecule has 2 aliphatic rings. The molecule has 6 nitrogen and oxygen atoms in total. The number of halogens is 2. The summed E-state index contributed by atoms with van der Waals surface area (Å²) in [5, 5.41) is 11.2. The van der Waals surface area contributed by atoms with E-state index in [0.717, 1.165) is 56.1 Å². The average Bonchev–Trinajstić information content (AvgIpc) is 3.06. The summed E-state index contributed by atoms with van der Waals surface area (Å²) in [6.07, 6.45) is 6.93. The predicted octanol–water partition coefficient (Wildman–Crippen LogP) is 3.81. The van der Waals surface area contributed by atoms with E-state index < -0.39 is 11.6 Å². The Kier molecular flexibility index (Phi) is 4.66. The standard InChI is InChI=1S/C21H24F2N6/c1-12-8-18-25-11-17(29(18)28-19(12)13-4-2-5-13)20-15(22)9-16(23)21(27-20)26-14-6-3-7-24-10-14/h8-9,11,13-14,24H,2-7,10H2,1H3,(H,26,27). The molecule has 1 aliphatic carbocycles. The Labute approximate surface area is 167 Å². The molecule has 8 heteroatoms. The van der Waals surface area contributed by atoms with E-state index in [-0.39, 0.29) is 17.6 Å². The van der Waals surface area contributed by atoms with Crippen molar-refractivity contribution in [1.82, 2.24) is 24.9 Å². The summed E-state index contributed by atoms with van der Waals surface area (Å²) in [6.45, 7) is 3.72. The fourth-order valence-electron chi connectivity index (χ4n) is 4.18. The van der Waals surface area contributed by atoms with Crippen molar-refractivity contribution in [3.05, 3.63) is 41.2 Å².